The van der Waals surface area contributed by atoms with Crippen LogP contribution in [-0.2, 0) is 20.2 Å². The Kier molecular flexibility index (Phi) is 3.66. The Balaban J connectivity index is 0.00000120. The molecule has 1 aromatic carbocycles. The average Bonchev–Trinajstić information content (AvgIpc) is 2.34. The van der Waals surface area contributed by atoms with Crippen LogP contribution in [0.2, 0.25) is 0 Å². The van der Waals surface area contributed by atoms with E-state index in [1.54, 1.807) is 0 Å². The summed E-state index contributed by atoms with van der Waals surface area (Å²) in [6.45, 7) is 8.25. The molecule has 2 bridgehead atoms. The van der Waals surface area contributed by atoms with E-state index in [9.17, 15) is 0 Å². The van der Waals surface area contributed by atoms with Gasteiger partial charge in [-0.05, 0) is 0 Å². The fourth-order valence-electron chi connectivity index (χ4n) is 2.31. The van der Waals surface area contributed by atoms with Crippen LogP contribution < -0.4 is 18.9 Å². The second-order valence-corrected chi connectivity index (χ2v) is 5.37. The molecule has 3 fully saturated rings. The van der Waals surface area contributed by atoms with Crippen molar-refractivity contribution in [1.82, 2.24) is 0 Å². The molecule has 0 atom stereocenters. The molecular weight excluding hydrogens is 223 g/mol. The second-order valence-electron chi connectivity index (χ2n) is 5.37. The SMILES string of the molecule is Cc1[c-]ccc(C23OCC(C)(CO2)CO3)c1C.[Li+]. The van der Waals surface area contributed by atoms with Crippen molar-refractivity contribution < 1.29 is 33.1 Å². The van der Waals surface area contributed by atoms with E-state index in [4.69, 9.17) is 14.2 Å². The minimum atomic E-state index is -0.984. The maximum Gasteiger partial charge on any atom is 1.00 e. The van der Waals surface area contributed by atoms with Gasteiger partial charge in [0.2, 0.25) is 0 Å². The van der Waals surface area contributed by atoms with E-state index in [-0.39, 0.29) is 24.3 Å². The fourth-order valence-corrected chi connectivity index (χ4v) is 2.31. The van der Waals surface area contributed by atoms with Gasteiger partial charge in [-0.1, -0.05) is 26.3 Å². The molecule has 0 unspecified atom stereocenters. The summed E-state index contributed by atoms with van der Waals surface area (Å²) in [6.07, 6.45) is 0. The second kappa shape index (κ2) is 4.67. The Morgan fingerprint density at radius 1 is 1.11 bits per heavy atom. The molecule has 92 valence electrons. The summed E-state index contributed by atoms with van der Waals surface area (Å²) in [6, 6.07) is 7.04. The van der Waals surface area contributed by atoms with Crippen LogP contribution in [0.1, 0.15) is 23.6 Å². The van der Waals surface area contributed by atoms with Gasteiger partial charge in [0.15, 0.2) is 0 Å². The van der Waals surface area contributed by atoms with Gasteiger partial charge < -0.3 is 14.2 Å². The standard InChI is InChI=1S/C14H17O3.Li/c1-10-5-4-6-12(11(10)2)14-15-7-13(3,8-16-14)9-17-14;/h4,6H,7-9H2,1-3H3;/q-1;+1. The van der Waals surface area contributed by atoms with Gasteiger partial charge in [-0.2, -0.15) is 23.8 Å². The summed E-state index contributed by atoms with van der Waals surface area (Å²) in [5.74, 6) is -0.984. The minimum Gasteiger partial charge on any atom is -0.324 e. The number of ether oxygens (including phenoxy) is 3. The Labute approximate surface area is 120 Å². The maximum absolute atomic E-state index is 5.83. The van der Waals surface area contributed by atoms with Crippen LogP contribution >= 0.6 is 0 Å². The molecule has 3 aliphatic rings. The van der Waals surface area contributed by atoms with Crippen LogP contribution in [0.3, 0.4) is 0 Å². The number of aryl methyl sites for hydroxylation is 1. The topological polar surface area (TPSA) is 27.7 Å². The van der Waals surface area contributed by atoms with Crippen molar-refractivity contribution in [2.45, 2.75) is 26.7 Å². The smallest absolute Gasteiger partial charge is 0.324 e. The Morgan fingerprint density at radius 3 is 2.22 bits per heavy atom. The van der Waals surface area contributed by atoms with Gasteiger partial charge in [0.25, 0.3) is 5.97 Å². The number of hydrogen-bond donors (Lipinski definition) is 0. The predicted molar refractivity (Wildman–Crippen MR) is 62.4 cm³/mol. The van der Waals surface area contributed by atoms with Crippen molar-refractivity contribution in [1.29, 1.82) is 0 Å². The van der Waals surface area contributed by atoms with Crippen molar-refractivity contribution >= 4 is 0 Å². The summed E-state index contributed by atoms with van der Waals surface area (Å²) in [7, 11) is 0. The molecule has 18 heavy (non-hydrogen) atoms. The average molecular weight is 240 g/mol. The summed E-state index contributed by atoms with van der Waals surface area (Å²) in [5.41, 5.74) is 3.20. The first-order chi connectivity index (χ1) is 8.05. The number of fused-ring (bicyclic) bond motifs is 3. The van der Waals surface area contributed by atoms with Crippen LogP contribution in [-0.4, -0.2) is 19.8 Å². The Bertz CT molecular complexity index is 434. The third-order valence-corrected chi connectivity index (χ3v) is 3.68. The van der Waals surface area contributed by atoms with Crippen LogP contribution in [0.15, 0.2) is 12.1 Å². The van der Waals surface area contributed by atoms with E-state index in [0.717, 1.165) is 16.7 Å². The van der Waals surface area contributed by atoms with E-state index in [0.29, 0.717) is 19.8 Å². The monoisotopic (exact) mass is 240 g/mol. The number of hydrogen-bond acceptors (Lipinski definition) is 3. The quantitative estimate of drug-likeness (QED) is 0.480. The van der Waals surface area contributed by atoms with E-state index in [2.05, 4.69) is 19.9 Å². The maximum atomic E-state index is 5.83. The first-order valence-corrected chi connectivity index (χ1v) is 5.95. The van der Waals surface area contributed by atoms with Gasteiger partial charge in [-0.15, -0.1) is 5.56 Å². The molecule has 3 saturated heterocycles. The molecule has 0 N–H and O–H groups in total. The summed E-state index contributed by atoms with van der Waals surface area (Å²) in [5, 5.41) is 0. The van der Waals surface area contributed by atoms with Crippen LogP contribution in [0.25, 0.3) is 0 Å². The first kappa shape index (κ1) is 14.1. The fraction of sp³-hybridized carbons (Fsp3) is 0.571. The van der Waals surface area contributed by atoms with Gasteiger partial charge in [0.05, 0.1) is 19.8 Å². The summed E-state index contributed by atoms with van der Waals surface area (Å²) >= 11 is 0. The largest absolute Gasteiger partial charge is 1.00 e. The van der Waals surface area contributed by atoms with E-state index < -0.39 is 5.97 Å². The van der Waals surface area contributed by atoms with Gasteiger partial charge >= 0.3 is 18.9 Å². The molecule has 4 rings (SSSR count). The summed E-state index contributed by atoms with van der Waals surface area (Å²) in [4.78, 5) is 0. The van der Waals surface area contributed by atoms with Crippen LogP contribution in [0, 0.1) is 25.3 Å². The van der Waals surface area contributed by atoms with Gasteiger partial charge in [0.1, 0.15) is 0 Å². The Morgan fingerprint density at radius 2 is 1.67 bits per heavy atom. The third kappa shape index (κ3) is 2.05. The molecule has 0 spiro atoms. The van der Waals surface area contributed by atoms with Crippen molar-refractivity contribution in [3.63, 3.8) is 0 Å². The molecule has 0 radical (unpaired) electrons. The van der Waals surface area contributed by atoms with Crippen molar-refractivity contribution in [2.24, 2.45) is 5.41 Å². The van der Waals surface area contributed by atoms with Crippen molar-refractivity contribution in [2.75, 3.05) is 19.8 Å². The Hall–Kier alpha value is -0.303. The zero-order valence-electron chi connectivity index (χ0n) is 11.5. The molecule has 0 aromatic heterocycles. The van der Waals surface area contributed by atoms with Gasteiger partial charge in [0, 0.05) is 5.41 Å². The van der Waals surface area contributed by atoms with Crippen LogP contribution in [0.4, 0.5) is 0 Å². The molecule has 0 aliphatic carbocycles. The van der Waals surface area contributed by atoms with Crippen molar-refractivity contribution in [3.8, 4) is 0 Å². The van der Waals surface area contributed by atoms with Gasteiger partial charge in [-0.3, -0.25) is 0 Å². The molecule has 3 nitrogen and oxygen atoms in total. The van der Waals surface area contributed by atoms with Gasteiger partial charge in [-0.25, -0.2) is 0 Å². The molecule has 0 saturated carbocycles. The molecule has 0 amide bonds. The molecule has 1 aromatic rings. The number of rotatable bonds is 1. The molecule has 3 heterocycles. The van der Waals surface area contributed by atoms with E-state index >= 15 is 0 Å². The van der Waals surface area contributed by atoms with E-state index in [1.165, 1.54) is 0 Å². The molecular formula is C14H17LiO3. The van der Waals surface area contributed by atoms with E-state index in [1.807, 2.05) is 19.1 Å². The zero-order chi connectivity index (χ0) is 12.1. The zero-order valence-corrected chi connectivity index (χ0v) is 11.5. The minimum absolute atomic E-state index is 0. The number of benzene rings is 1. The first-order valence-electron chi connectivity index (χ1n) is 5.95. The predicted octanol–water partition coefficient (Wildman–Crippen LogP) is -0.699. The third-order valence-electron chi connectivity index (χ3n) is 3.68. The summed E-state index contributed by atoms with van der Waals surface area (Å²) < 4.78 is 17.5. The van der Waals surface area contributed by atoms with Crippen LogP contribution in [0.5, 0.6) is 0 Å². The normalized spacial score (nSPS) is 34.2. The molecule has 3 aliphatic heterocycles. The molecule has 4 heteroatoms. The van der Waals surface area contributed by atoms with Crippen molar-refractivity contribution in [3.05, 3.63) is 34.9 Å².